The summed E-state index contributed by atoms with van der Waals surface area (Å²) in [5.41, 5.74) is 0. The number of hydrogen-bond donors (Lipinski definition) is 0. The van der Waals surface area contributed by atoms with Crippen molar-refractivity contribution in [1.82, 2.24) is 20.1 Å². The van der Waals surface area contributed by atoms with Crippen LogP contribution in [0.4, 0.5) is 5.82 Å². The van der Waals surface area contributed by atoms with Gasteiger partial charge in [0.25, 0.3) is 0 Å². The van der Waals surface area contributed by atoms with Crippen molar-refractivity contribution in [2.75, 3.05) is 37.6 Å². The first-order valence-corrected chi connectivity index (χ1v) is 6.49. The van der Waals surface area contributed by atoms with Gasteiger partial charge in [-0.15, -0.1) is 10.2 Å². The molecule has 0 saturated carbocycles. The molecule has 5 nitrogen and oxygen atoms in total. The molecule has 0 radical (unpaired) electrons. The first-order valence-electron chi connectivity index (χ1n) is 5.73. The van der Waals surface area contributed by atoms with E-state index >= 15 is 0 Å². The Morgan fingerprint density at radius 1 is 1.12 bits per heavy atom. The standard InChI is InChI=1S/C10H15Cl2N5/c1-2-3-16-4-6-17(7-5-16)9-8(11)14-15-10(12)13-9/h2-7H2,1H3. The quantitative estimate of drug-likeness (QED) is 0.841. The molecule has 17 heavy (non-hydrogen) atoms. The van der Waals surface area contributed by atoms with Gasteiger partial charge in [0.2, 0.25) is 5.28 Å². The van der Waals surface area contributed by atoms with E-state index in [1.165, 1.54) is 6.42 Å². The minimum absolute atomic E-state index is 0.139. The van der Waals surface area contributed by atoms with Crippen LogP contribution in [0.3, 0.4) is 0 Å². The Hall–Kier alpha value is -0.650. The van der Waals surface area contributed by atoms with E-state index in [-0.39, 0.29) is 5.28 Å². The number of nitrogens with zero attached hydrogens (tertiary/aromatic N) is 5. The second kappa shape index (κ2) is 5.80. The number of piperazine rings is 1. The van der Waals surface area contributed by atoms with E-state index in [2.05, 4.69) is 31.9 Å². The molecule has 7 heteroatoms. The lowest BCUT2D eigenvalue weighted by atomic mass is 10.3. The van der Waals surface area contributed by atoms with Gasteiger partial charge in [0.1, 0.15) is 0 Å². The Morgan fingerprint density at radius 2 is 1.82 bits per heavy atom. The molecule has 0 amide bonds. The van der Waals surface area contributed by atoms with Gasteiger partial charge in [-0.2, -0.15) is 4.98 Å². The molecule has 0 bridgehead atoms. The lowest BCUT2D eigenvalue weighted by Crippen LogP contribution is -2.47. The summed E-state index contributed by atoms with van der Waals surface area (Å²) >= 11 is 11.7. The predicted molar refractivity (Wildman–Crippen MR) is 68.8 cm³/mol. The van der Waals surface area contributed by atoms with Gasteiger partial charge in [0.15, 0.2) is 11.0 Å². The number of aromatic nitrogens is 3. The Kier molecular flexibility index (Phi) is 4.36. The normalized spacial score (nSPS) is 17.5. The zero-order valence-electron chi connectivity index (χ0n) is 9.73. The maximum atomic E-state index is 5.98. The van der Waals surface area contributed by atoms with Crippen molar-refractivity contribution in [3.63, 3.8) is 0 Å². The first kappa shape index (κ1) is 12.8. The third-order valence-electron chi connectivity index (χ3n) is 2.81. The molecule has 1 fully saturated rings. The van der Waals surface area contributed by atoms with Crippen LogP contribution in [0.15, 0.2) is 0 Å². The molecule has 0 atom stereocenters. The third-order valence-corrected chi connectivity index (χ3v) is 3.22. The van der Waals surface area contributed by atoms with Crippen LogP contribution >= 0.6 is 23.2 Å². The maximum absolute atomic E-state index is 5.98. The van der Waals surface area contributed by atoms with Crippen LogP contribution in [-0.2, 0) is 0 Å². The topological polar surface area (TPSA) is 45.2 Å². The van der Waals surface area contributed by atoms with Crippen molar-refractivity contribution in [2.45, 2.75) is 13.3 Å². The van der Waals surface area contributed by atoms with E-state index in [0.29, 0.717) is 11.0 Å². The summed E-state index contributed by atoms with van der Waals surface area (Å²) in [4.78, 5) is 8.67. The highest BCUT2D eigenvalue weighted by Crippen LogP contribution is 2.22. The van der Waals surface area contributed by atoms with Crippen LogP contribution in [-0.4, -0.2) is 52.8 Å². The first-order chi connectivity index (χ1) is 8.20. The average molecular weight is 276 g/mol. The molecule has 0 N–H and O–H groups in total. The smallest absolute Gasteiger partial charge is 0.245 e. The van der Waals surface area contributed by atoms with Crippen molar-refractivity contribution in [2.24, 2.45) is 0 Å². The Morgan fingerprint density at radius 3 is 2.47 bits per heavy atom. The van der Waals surface area contributed by atoms with Crippen molar-refractivity contribution < 1.29 is 0 Å². The molecule has 1 aliphatic rings. The summed E-state index contributed by atoms with van der Waals surface area (Å²) in [5.74, 6) is 0.641. The highest BCUT2D eigenvalue weighted by atomic mass is 35.5. The number of rotatable bonds is 3. The van der Waals surface area contributed by atoms with Gasteiger partial charge in [-0.1, -0.05) is 18.5 Å². The Labute approximate surface area is 111 Å². The molecular formula is C10H15Cl2N5. The Bertz CT molecular complexity index is 379. The molecule has 0 spiro atoms. The predicted octanol–water partition coefficient (Wildman–Crippen LogP) is 1.71. The second-order valence-electron chi connectivity index (χ2n) is 4.02. The maximum Gasteiger partial charge on any atom is 0.245 e. The second-order valence-corrected chi connectivity index (χ2v) is 4.72. The van der Waals surface area contributed by atoms with Gasteiger partial charge in [-0.25, -0.2) is 0 Å². The molecule has 1 aromatic rings. The van der Waals surface area contributed by atoms with Gasteiger partial charge in [-0.3, -0.25) is 4.90 Å². The fraction of sp³-hybridized carbons (Fsp3) is 0.700. The fourth-order valence-electron chi connectivity index (χ4n) is 1.99. The molecule has 0 aliphatic carbocycles. The van der Waals surface area contributed by atoms with Gasteiger partial charge in [-0.05, 0) is 24.6 Å². The highest BCUT2D eigenvalue weighted by molar-refractivity contribution is 6.32. The molecule has 2 heterocycles. The zero-order chi connectivity index (χ0) is 12.3. The zero-order valence-corrected chi connectivity index (χ0v) is 11.2. The molecule has 0 aromatic carbocycles. The van der Waals surface area contributed by atoms with Crippen molar-refractivity contribution in [3.05, 3.63) is 10.4 Å². The van der Waals surface area contributed by atoms with Crippen LogP contribution in [0.5, 0.6) is 0 Å². The molecule has 1 saturated heterocycles. The van der Waals surface area contributed by atoms with Crippen molar-refractivity contribution in [3.8, 4) is 0 Å². The van der Waals surface area contributed by atoms with E-state index in [1.807, 2.05) is 0 Å². The molecule has 94 valence electrons. The number of halogens is 2. The van der Waals surface area contributed by atoms with E-state index in [9.17, 15) is 0 Å². The summed E-state index contributed by atoms with van der Waals surface area (Å²) in [6, 6.07) is 0. The summed E-state index contributed by atoms with van der Waals surface area (Å²) in [5, 5.41) is 7.85. The molecule has 2 rings (SSSR count). The Balaban J connectivity index is 2.02. The average Bonchev–Trinajstić information content (AvgIpc) is 2.34. The molecule has 0 unspecified atom stereocenters. The van der Waals surface area contributed by atoms with Crippen LogP contribution in [0.2, 0.25) is 10.4 Å². The number of anilines is 1. The lowest BCUT2D eigenvalue weighted by Gasteiger charge is -2.35. The highest BCUT2D eigenvalue weighted by Gasteiger charge is 2.20. The summed E-state index contributed by atoms with van der Waals surface area (Å²) in [6.45, 7) is 7.17. The fourth-order valence-corrected chi connectivity index (χ4v) is 2.30. The minimum Gasteiger partial charge on any atom is -0.351 e. The van der Waals surface area contributed by atoms with E-state index in [4.69, 9.17) is 23.2 Å². The monoisotopic (exact) mass is 275 g/mol. The minimum atomic E-state index is 0.139. The third kappa shape index (κ3) is 3.18. The number of hydrogen-bond acceptors (Lipinski definition) is 5. The molecule has 1 aromatic heterocycles. The van der Waals surface area contributed by atoms with Crippen LogP contribution in [0.1, 0.15) is 13.3 Å². The van der Waals surface area contributed by atoms with Gasteiger partial charge >= 0.3 is 0 Å². The van der Waals surface area contributed by atoms with E-state index in [0.717, 1.165) is 32.7 Å². The van der Waals surface area contributed by atoms with E-state index < -0.39 is 0 Å². The van der Waals surface area contributed by atoms with Crippen LogP contribution < -0.4 is 4.90 Å². The van der Waals surface area contributed by atoms with Crippen LogP contribution in [0, 0.1) is 0 Å². The summed E-state index contributed by atoms with van der Waals surface area (Å²) in [6.07, 6.45) is 1.18. The lowest BCUT2D eigenvalue weighted by molar-refractivity contribution is 0.258. The van der Waals surface area contributed by atoms with Crippen molar-refractivity contribution >= 4 is 29.0 Å². The summed E-state index contributed by atoms with van der Waals surface area (Å²) in [7, 11) is 0. The van der Waals surface area contributed by atoms with Gasteiger partial charge in [0.05, 0.1) is 0 Å². The summed E-state index contributed by atoms with van der Waals surface area (Å²) < 4.78 is 0. The van der Waals surface area contributed by atoms with Crippen LogP contribution in [0.25, 0.3) is 0 Å². The van der Waals surface area contributed by atoms with E-state index in [1.54, 1.807) is 0 Å². The SMILES string of the molecule is CCCN1CCN(c2nc(Cl)nnc2Cl)CC1. The van der Waals surface area contributed by atoms with Gasteiger partial charge < -0.3 is 4.90 Å². The van der Waals surface area contributed by atoms with Gasteiger partial charge in [0, 0.05) is 26.2 Å². The molecule has 1 aliphatic heterocycles. The van der Waals surface area contributed by atoms with Crippen molar-refractivity contribution in [1.29, 1.82) is 0 Å². The molecular weight excluding hydrogens is 261 g/mol. The largest absolute Gasteiger partial charge is 0.351 e.